The molecule has 0 amide bonds. The van der Waals surface area contributed by atoms with Crippen molar-refractivity contribution in [2.45, 2.75) is 235 Å². The second-order valence-corrected chi connectivity index (χ2v) is 30.5. The van der Waals surface area contributed by atoms with Crippen LogP contribution in [0.25, 0.3) is 10.8 Å². The molecular formula is C66H86N2O13. The Morgan fingerprint density at radius 2 is 1.53 bits per heavy atom. The second-order valence-electron chi connectivity index (χ2n) is 30.5. The number of hydrazine groups is 1. The number of rotatable bonds is 7. The number of carboxylic acids is 1. The van der Waals surface area contributed by atoms with E-state index in [1.807, 2.05) is 0 Å². The van der Waals surface area contributed by atoms with E-state index in [0.29, 0.717) is 61.6 Å². The number of allylic oxidation sites excluding steroid dienone is 1. The molecule has 4 bridgehead atoms. The molecule has 0 unspecified atom stereocenters. The third-order valence-electron chi connectivity index (χ3n) is 27.0. The SMILES string of the molecule is CC(=O)c1c(C)c(O)c2cc(C(=O)O)cc(O[C@@H]3O[C@@H]4[C@H](O)C5(CCCC5)C[C@H]5O[C@@]4(C[C@@H]4C6=C5CC=C6[C@]5(CCCO)COC[C@@H]6C[C@]78C[C@@]4(NN[C@@H]7C[C@@]4(CC7(CCCC7)C[C@@]47CCC4(CCCC4)C7)C8)[C@@H]65)[C@H](O)[C@H]3O)c2c1O. The normalized spacial score (nSPS) is 45.1. The molecule has 81 heavy (non-hydrogen) atoms. The molecule has 16 atom stereocenters. The van der Waals surface area contributed by atoms with Crippen molar-refractivity contribution in [3.8, 4) is 17.2 Å². The molecule has 4 saturated heterocycles. The number of aromatic hydroxyl groups is 2. The van der Waals surface area contributed by atoms with Crippen LogP contribution in [-0.2, 0) is 14.2 Å². The largest absolute Gasteiger partial charge is 0.507 e. The van der Waals surface area contributed by atoms with Gasteiger partial charge < -0.3 is 54.7 Å². The van der Waals surface area contributed by atoms with Gasteiger partial charge in [-0.15, -0.1) is 0 Å². The van der Waals surface area contributed by atoms with Gasteiger partial charge in [-0.05, 0) is 210 Å². The molecule has 438 valence electrons. The van der Waals surface area contributed by atoms with Gasteiger partial charge in [-0.3, -0.25) is 15.6 Å². The first-order valence-corrected chi connectivity index (χ1v) is 31.8. The van der Waals surface area contributed by atoms with E-state index in [0.717, 1.165) is 38.2 Å². The van der Waals surface area contributed by atoms with Crippen molar-refractivity contribution in [2.24, 2.45) is 55.7 Å². The Labute approximate surface area is 474 Å². The zero-order chi connectivity index (χ0) is 55.6. The number of benzene rings is 2. The van der Waals surface area contributed by atoms with Crippen LogP contribution in [0.4, 0.5) is 0 Å². The number of carbonyl (C=O) groups excluding carboxylic acids is 1. The number of Topliss-reactive ketones (excluding diaryl/α,β-unsaturated/α-hetero) is 1. The fourth-order valence-corrected chi connectivity index (χ4v) is 24.5. The van der Waals surface area contributed by atoms with Gasteiger partial charge in [-0.1, -0.05) is 44.6 Å². The number of aliphatic hydroxyl groups is 4. The maximum Gasteiger partial charge on any atom is 0.335 e. The number of phenolic OH excluding ortho intramolecular Hbond substituents is 2. The van der Waals surface area contributed by atoms with Crippen molar-refractivity contribution in [1.29, 1.82) is 0 Å². The lowest BCUT2D eigenvalue weighted by Crippen LogP contribution is -2.81. The number of aromatic carboxylic acids is 1. The molecule has 8 spiro atoms. The lowest BCUT2D eigenvalue weighted by Gasteiger charge is -2.72. The van der Waals surface area contributed by atoms with Gasteiger partial charge in [0.05, 0.1) is 35.3 Å². The molecule has 15 nitrogen and oxygen atoms in total. The number of hydrogen-bond donors (Lipinski definition) is 9. The number of fused-ring (bicyclic) bond motifs is 5. The predicted molar refractivity (Wildman–Crippen MR) is 297 cm³/mol. The Morgan fingerprint density at radius 3 is 2.27 bits per heavy atom. The van der Waals surface area contributed by atoms with Gasteiger partial charge in [0.25, 0.3) is 0 Å². The van der Waals surface area contributed by atoms with Crippen molar-refractivity contribution in [2.75, 3.05) is 19.8 Å². The summed E-state index contributed by atoms with van der Waals surface area (Å²) in [5, 5.41) is 84.2. The zero-order valence-electron chi connectivity index (χ0n) is 47.6. The summed E-state index contributed by atoms with van der Waals surface area (Å²) in [6.45, 7) is 4.03. The quantitative estimate of drug-likeness (QED) is 0.0928. The van der Waals surface area contributed by atoms with Crippen LogP contribution in [0.5, 0.6) is 17.2 Å². The highest BCUT2D eigenvalue weighted by Crippen LogP contribution is 2.83. The van der Waals surface area contributed by atoms with E-state index in [4.69, 9.17) is 18.9 Å². The molecule has 12 fully saturated rings. The van der Waals surface area contributed by atoms with Gasteiger partial charge in [0, 0.05) is 52.5 Å². The smallest absolute Gasteiger partial charge is 0.335 e. The van der Waals surface area contributed by atoms with Gasteiger partial charge >= 0.3 is 5.97 Å². The van der Waals surface area contributed by atoms with E-state index < -0.39 is 82.0 Å². The van der Waals surface area contributed by atoms with Crippen LogP contribution in [0.3, 0.4) is 0 Å². The molecule has 8 saturated carbocycles. The number of carboxylic acid groups (broad SMARTS) is 1. The molecular weight excluding hydrogens is 1030 g/mol. The first kappa shape index (κ1) is 52.9. The summed E-state index contributed by atoms with van der Waals surface area (Å²) in [4.78, 5) is 25.8. The number of nitrogens with one attached hydrogen (secondary N) is 2. The summed E-state index contributed by atoms with van der Waals surface area (Å²) in [6, 6.07) is 2.64. The van der Waals surface area contributed by atoms with E-state index in [2.05, 4.69) is 16.9 Å². The first-order valence-electron chi connectivity index (χ1n) is 31.8. The van der Waals surface area contributed by atoms with Crippen molar-refractivity contribution in [1.82, 2.24) is 10.9 Å². The molecule has 15 heteroatoms. The van der Waals surface area contributed by atoms with Crippen molar-refractivity contribution in [3.63, 3.8) is 0 Å². The highest BCUT2D eigenvalue weighted by Gasteiger charge is 2.80. The maximum absolute atomic E-state index is 13.5. The third kappa shape index (κ3) is 6.79. The fourth-order valence-electron chi connectivity index (χ4n) is 24.5. The summed E-state index contributed by atoms with van der Waals surface area (Å²) in [7, 11) is 0. The average Bonchev–Trinajstić information content (AvgIpc) is 2.18. The number of hydrogen-bond acceptors (Lipinski definition) is 14. The third-order valence-corrected chi connectivity index (χ3v) is 27.0. The van der Waals surface area contributed by atoms with Crippen LogP contribution < -0.4 is 15.6 Å². The van der Waals surface area contributed by atoms with Crippen LogP contribution in [-0.4, -0.2) is 121 Å². The molecule has 14 aliphatic rings. The molecule has 16 rings (SSSR count). The Bertz CT molecular complexity index is 3100. The summed E-state index contributed by atoms with van der Waals surface area (Å²) >= 11 is 0. The van der Waals surface area contributed by atoms with E-state index >= 15 is 0 Å². The minimum atomic E-state index is -1.82. The standard InChI is InChI=1S/C66H86N2O13/c1-35-46(36(2)70)50(72)48-40(49(35)71)22-37(56(76)77)23-43(48)79-57-51(73)53(74)66-25-42-47-39(44(81-66)26-60(16-7-8-17-60)54(75)55(66)80-57)10-11-41(47)64(18-9-21-69)34-78-28-38-24-61-32-63(27-45(61)67-68-65(42,33-61)52(38)64)31-59(14-5-6-15-59)30-62(63)20-19-58(29-62)12-3-4-13-58/h11,22-23,38,42,44-45,51-55,57,67-69,71-75H,3-10,12-21,24-34H2,1-2H3,(H,76,77)/t38-,42+,44+,45+,51+,52-,53+,54-,55+,57+,61-,62-,63+,64-,65-,66-/m0/s1. The Balaban J connectivity index is 0.840. The molecule has 5 aliphatic heterocycles. The lowest BCUT2D eigenvalue weighted by atomic mass is 9.38. The number of phenols is 2. The molecule has 0 radical (unpaired) electrons. The molecule has 2 aromatic rings. The van der Waals surface area contributed by atoms with E-state index in [-0.39, 0.29) is 80.9 Å². The van der Waals surface area contributed by atoms with Crippen LogP contribution >= 0.6 is 0 Å². The second kappa shape index (κ2) is 17.5. The van der Waals surface area contributed by atoms with Gasteiger partial charge in [0.2, 0.25) is 6.29 Å². The Morgan fingerprint density at radius 1 is 0.802 bits per heavy atom. The topological polar surface area (TPSA) is 237 Å². The minimum Gasteiger partial charge on any atom is -0.507 e. The highest BCUT2D eigenvalue weighted by molar-refractivity contribution is 6.11. The summed E-state index contributed by atoms with van der Waals surface area (Å²) < 4.78 is 28.5. The molecule has 9 aliphatic carbocycles. The van der Waals surface area contributed by atoms with Crippen molar-refractivity contribution in [3.05, 3.63) is 51.6 Å². The number of carbonyl (C=O) groups is 2. The lowest BCUT2D eigenvalue weighted by molar-refractivity contribution is -0.340. The van der Waals surface area contributed by atoms with Crippen molar-refractivity contribution >= 4 is 22.5 Å². The molecule has 5 heterocycles. The monoisotopic (exact) mass is 1110 g/mol. The van der Waals surface area contributed by atoms with Gasteiger partial charge in [-0.25, -0.2) is 4.79 Å². The van der Waals surface area contributed by atoms with E-state index in [1.54, 1.807) is 0 Å². The van der Waals surface area contributed by atoms with Crippen LogP contribution in [0, 0.1) is 62.6 Å². The number of ketones is 1. The summed E-state index contributed by atoms with van der Waals surface area (Å²) in [5.74, 6) is -3.06. The minimum absolute atomic E-state index is 0.0449. The van der Waals surface area contributed by atoms with E-state index in [1.165, 1.54) is 133 Å². The first-order chi connectivity index (χ1) is 38.8. The number of aliphatic hydroxyl groups excluding tert-OH is 4. The van der Waals surface area contributed by atoms with Gasteiger partial charge in [0.1, 0.15) is 41.2 Å². The molecule has 2 aromatic carbocycles. The van der Waals surface area contributed by atoms with Crippen LogP contribution in [0.15, 0.2) is 34.9 Å². The van der Waals surface area contributed by atoms with Crippen LogP contribution in [0.1, 0.15) is 200 Å². The average molecular weight is 1120 g/mol. The van der Waals surface area contributed by atoms with Gasteiger partial charge in [-0.2, -0.15) is 0 Å². The summed E-state index contributed by atoms with van der Waals surface area (Å²) in [6.07, 6.45) is 22.5. The Hall–Kier alpha value is -3.64. The summed E-state index contributed by atoms with van der Waals surface area (Å²) in [5.41, 5.74) is 10.1. The van der Waals surface area contributed by atoms with Crippen molar-refractivity contribution < 1.29 is 64.3 Å². The zero-order valence-corrected chi connectivity index (χ0v) is 47.6. The maximum atomic E-state index is 13.5. The number of ether oxygens (including phenoxy) is 4. The van der Waals surface area contributed by atoms with Crippen LogP contribution in [0.2, 0.25) is 0 Å². The predicted octanol–water partition coefficient (Wildman–Crippen LogP) is 9.28. The highest BCUT2D eigenvalue weighted by atomic mass is 16.7. The Kier molecular flexibility index (Phi) is 11.4. The van der Waals surface area contributed by atoms with E-state index in [9.17, 15) is 45.3 Å². The molecule has 9 N–H and O–H groups in total. The molecule has 0 aromatic heterocycles. The van der Waals surface area contributed by atoms with Gasteiger partial charge in [0.15, 0.2) is 5.78 Å². The fraction of sp³-hybridized carbons (Fsp3) is 0.758.